The van der Waals surface area contributed by atoms with Crippen LogP contribution >= 0.6 is 0 Å². The minimum absolute atomic E-state index is 0.0755. The third-order valence-electron chi connectivity index (χ3n) is 7.73. The van der Waals surface area contributed by atoms with Crippen molar-refractivity contribution in [2.45, 2.75) is 44.7 Å². The summed E-state index contributed by atoms with van der Waals surface area (Å²) in [6.45, 7) is 6.36. The van der Waals surface area contributed by atoms with Gasteiger partial charge in [0.15, 0.2) is 0 Å². The smallest absolute Gasteiger partial charge is 0.321 e. The molecule has 2 N–H and O–H groups in total. The molecule has 2 heterocycles. The molecular formula is C29H37N5O3. The van der Waals surface area contributed by atoms with Gasteiger partial charge in [0.2, 0.25) is 5.66 Å². The summed E-state index contributed by atoms with van der Waals surface area (Å²) in [6.07, 6.45) is 6.67. The average molecular weight is 504 g/mol. The lowest BCUT2D eigenvalue weighted by molar-refractivity contribution is -0.127. The van der Waals surface area contributed by atoms with E-state index in [9.17, 15) is 9.59 Å². The maximum absolute atomic E-state index is 14.6. The van der Waals surface area contributed by atoms with E-state index < -0.39 is 11.7 Å². The number of hydrogen-bond acceptors (Lipinski definition) is 5. The van der Waals surface area contributed by atoms with E-state index in [2.05, 4.69) is 15.5 Å². The monoisotopic (exact) mass is 503 g/mol. The van der Waals surface area contributed by atoms with Gasteiger partial charge in [-0.25, -0.2) is 4.79 Å². The first-order valence-electron chi connectivity index (χ1n) is 13.5. The summed E-state index contributed by atoms with van der Waals surface area (Å²) in [5.74, 6) is -0.235. The minimum Gasteiger partial charge on any atom is -0.379 e. The van der Waals surface area contributed by atoms with Gasteiger partial charge in [0, 0.05) is 49.6 Å². The predicted octanol–water partition coefficient (Wildman–Crippen LogP) is 4.19. The number of carbonyl (C=O) groups is 2. The summed E-state index contributed by atoms with van der Waals surface area (Å²) in [6, 6.07) is 15.1. The van der Waals surface area contributed by atoms with Crippen LogP contribution in [0.2, 0.25) is 0 Å². The van der Waals surface area contributed by atoms with Crippen molar-refractivity contribution in [3.05, 3.63) is 59.7 Å². The minimum atomic E-state index is -1.36. The molecule has 1 saturated heterocycles. The van der Waals surface area contributed by atoms with Gasteiger partial charge in [-0.2, -0.15) is 0 Å². The SMILES string of the molecule is Cc1cccc(NC(=O)NC2(C3CCCCC3)N=Cc3ccccc3N(CCN3CCOCC3)C2=O)c1. The van der Waals surface area contributed by atoms with Crippen LogP contribution < -0.4 is 15.5 Å². The fourth-order valence-corrected chi connectivity index (χ4v) is 5.72. The van der Waals surface area contributed by atoms with Gasteiger partial charge in [-0.15, -0.1) is 0 Å². The van der Waals surface area contributed by atoms with Crippen LogP contribution in [0, 0.1) is 12.8 Å². The molecule has 0 radical (unpaired) electrons. The molecule has 1 saturated carbocycles. The number of rotatable bonds is 6. The van der Waals surface area contributed by atoms with Crippen molar-refractivity contribution in [2.24, 2.45) is 10.9 Å². The standard InChI is InChI=1S/C29H37N5O3/c1-22-8-7-12-25(20-22)31-28(36)32-29(24-10-3-2-4-11-24)27(35)34(15-14-33-16-18-37-19-17-33)26-13-6-5-9-23(26)21-30-29/h5-9,12-13,20-21,24H,2-4,10-11,14-19H2,1H3,(H2,31,32,36). The Morgan fingerprint density at radius 2 is 1.84 bits per heavy atom. The van der Waals surface area contributed by atoms with Crippen LogP contribution in [0.1, 0.15) is 43.2 Å². The molecule has 0 aromatic heterocycles. The van der Waals surface area contributed by atoms with Crippen LogP contribution in [0.4, 0.5) is 16.2 Å². The van der Waals surface area contributed by atoms with Crippen LogP contribution in [0.15, 0.2) is 53.5 Å². The first kappa shape index (κ1) is 25.4. The van der Waals surface area contributed by atoms with Crippen LogP contribution in [-0.2, 0) is 9.53 Å². The third-order valence-corrected chi connectivity index (χ3v) is 7.73. The van der Waals surface area contributed by atoms with Crippen LogP contribution in [0.5, 0.6) is 0 Å². The molecule has 2 aromatic rings. The van der Waals surface area contributed by atoms with Gasteiger partial charge in [-0.3, -0.25) is 14.7 Å². The van der Waals surface area contributed by atoms with Crippen molar-refractivity contribution in [1.82, 2.24) is 10.2 Å². The summed E-state index contributed by atoms with van der Waals surface area (Å²) >= 11 is 0. The number of ether oxygens (including phenoxy) is 1. The summed E-state index contributed by atoms with van der Waals surface area (Å²) < 4.78 is 5.50. The lowest BCUT2D eigenvalue weighted by Crippen LogP contribution is -2.64. The zero-order valence-corrected chi connectivity index (χ0v) is 21.6. The van der Waals surface area contributed by atoms with Crippen LogP contribution in [0.25, 0.3) is 0 Å². The highest BCUT2D eigenvalue weighted by Crippen LogP contribution is 2.38. The number of benzodiazepines with no additional fused rings is 1. The number of morpholine rings is 1. The Hall–Kier alpha value is -3.23. The van der Waals surface area contributed by atoms with Gasteiger partial charge >= 0.3 is 6.03 Å². The molecule has 0 spiro atoms. The van der Waals surface area contributed by atoms with Gasteiger partial charge in [0.1, 0.15) is 0 Å². The molecule has 8 nitrogen and oxygen atoms in total. The van der Waals surface area contributed by atoms with Gasteiger partial charge in [0.25, 0.3) is 5.91 Å². The Bertz CT molecular complexity index is 1140. The Labute approximate surface area is 219 Å². The van der Waals surface area contributed by atoms with Gasteiger partial charge in [0.05, 0.1) is 18.9 Å². The van der Waals surface area contributed by atoms with Crippen LogP contribution in [0.3, 0.4) is 0 Å². The van der Waals surface area contributed by atoms with Crippen molar-refractivity contribution in [3.63, 3.8) is 0 Å². The third kappa shape index (κ3) is 5.70. The highest BCUT2D eigenvalue weighted by atomic mass is 16.5. The fourth-order valence-electron chi connectivity index (χ4n) is 5.72. The number of urea groups is 1. The number of nitrogens with one attached hydrogen (secondary N) is 2. The summed E-state index contributed by atoms with van der Waals surface area (Å²) in [4.78, 5) is 37.1. The summed E-state index contributed by atoms with van der Waals surface area (Å²) in [5.41, 5.74) is 2.10. The molecule has 5 rings (SSSR count). The molecule has 1 unspecified atom stereocenters. The number of fused-ring (bicyclic) bond motifs is 1. The second-order valence-corrected chi connectivity index (χ2v) is 10.3. The number of nitrogens with zero attached hydrogens (tertiary/aromatic N) is 3. The summed E-state index contributed by atoms with van der Waals surface area (Å²) in [5, 5.41) is 6.03. The van der Waals surface area contributed by atoms with E-state index in [4.69, 9.17) is 9.73 Å². The topological polar surface area (TPSA) is 86.3 Å². The first-order valence-corrected chi connectivity index (χ1v) is 13.5. The van der Waals surface area contributed by atoms with Crippen molar-refractivity contribution >= 4 is 29.5 Å². The molecule has 0 bridgehead atoms. The fraction of sp³-hybridized carbons (Fsp3) is 0.483. The van der Waals surface area contributed by atoms with E-state index >= 15 is 0 Å². The van der Waals surface area contributed by atoms with Gasteiger partial charge in [-0.1, -0.05) is 49.6 Å². The molecule has 8 heteroatoms. The number of aryl methyl sites for hydroxylation is 1. The van der Waals surface area contributed by atoms with Crippen LogP contribution in [-0.4, -0.2) is 68.1 Å². The molecule has 2 aromatic carbocycles. The molecule has 3 aliphatic rings. The quantitative estimate of drug-likeness (QED) is 0.619. The highest BCUT2D eigenvalue weighted by molar-refractivity contribution is 6.09. The number of amides is 3. The van der Waals surface area contributed by atoms with E-state index in [0.717, 1.165) is 68.6 Å². The molecule has 1 aliphatic carbocycles. The Balaban J connectivity index is 1.47. The van der Waals surface area contributed by atoms with Crippen molar-refractivity contribution in [3.8, 4) is 0 Å². The lowest BCUT2D eigenvalue weighted by atomic mass is 9.79. The zero-order chi connectivity index (χ0) is 25.7. The number of benzene rings is 2. The van der Waals surface area contributed by atoms with Gasteiger partial charge in [-0.05, 0) is 43.5 Å². The Morgan fingerprint density at radius 1 is 1.05 bits per heavy atom. The molecule has 196 valence electrons. The number of carbonyl (C=O) groups excluding carboxylic acids is 2. The molecular weight excluding hydrogens is 466 g/mol. The highest BCUT2D eigenvalue weighted by Gasteiger charge is 2.50. The number of aliphatic imine (C=N–C) groups is 1. The number of anilines is 2. The Kier molecular flexibility index (Phi) is 7.86. The molecule has 1 atom stereocenters. The molecule has 3 amide bonds. The maximum atomic E-state index is 14.6. The predicted molar refractivity (Wildman–Crippen MR) is 146 cm³/mol. The molecule has 37 heavy (non-hydrogen) atoms. The second-order valence-electron chi connectivity index (χ2n) is 10.3. The van der Waals surface area contributed by atoms with E-state index in [-0.39, 0.29) is 11.8 Å². The lowest BCUT2D eigenvalue weighted by Gasteiger charge is -2.41. The molecule has 2 fully saturated rings. The second kappa shape index (κ2) is 11.4. The van der Waals surface area contributed by atoms with Crippen molar-refractivity contribution in [2.75, 3.05) is 49.6 Å². The molecule has 2 aliphatic heterocycles. The van der Waals surface area contributed by atoms with E-state index in [1.165, 1.54) is 0 Å². The largest absolute Gasteiger partial charge is 0.379 e. The first-order chi connectivity index (χ1) is 18.0. The number of hydrogen-bond donors (Lipinski definition) is 2. The van der Waals surface area contributed by atoms with Gasteiger partial charge < -0.3 is 20.3 Å². The zero-order valence-electron chi connectivity index (χ0n) is 21.6. The van der Waals surface area contributed by atoms with Crippen molar-refractivity contribution in [1.29, 1.82) is 0 Å². The van der Waals surface area contributed by atoms with Crippen molar-refractivity contribution < 1.29 is 14.3 Å². The van der Waals surface area contributed by atoms with E-state index in [1.807, 2.05) is 60.4 Å². The van der Waals surface area contributed by atoms with E-state index in [0.29, 0.717) is 25.4 Å². The maximum Gasteiger partial charge on any atom is 0.321 e. The normalized spacial score (nSPS) is 22.8. The summed E-state index contributed by atoms with van der Waals surface area (Å²) in [7, 11) is 0. The Morgan fingerprint density at radius 3 is 2.62 bits per heavy atom. The average Bonchev–Trinajstić information content (AvgIpc) is 3.03. The van der Waals surface area contributed by atoms with E-state index in [1.54, 1.807) is 6.21 Å². The number of para-hydroxylation sites is 1.